The van der Waals surface area contributed by atoms with Gasteiger partial charge in [0, 0.05) is 37.8 Å². The maximum Gasteiger partial charge on any atom is 0.253 e. The first kappa shape index (κ1) is 19.4. The van der Waals surface area contributed by atoms with Crippen molar-refractivity contribution in [1.82, 2.24) is 15.5 Å². The number of hydrogen-bond donors (Lipinski definition) is 3. The Morgan fingerprint density at radius 3 is 2.81 bits per heavy atom. The van der Waals surface area contributed by atoms with E-state index >= 15 is 0 Å². The number of hydrogen-bond acceptors (Lipinski definition) is 4. The van der Waals surface area contributed by atoms with E-state index in [0.29, 0.717) is 24.3 Å². The summed E-state index contributed by atoms with van der Waals surface area (Å²) in [6.45, 7) is 4.31. The summed E-state index contributed by atoms with van der Waals surface area (Å²) in [6, 6.07) is 6.95. The number of carbonyl (C=O) groups excluding carboxylic acids is 3. The lowest BCUT2D eigenvalue weighted by Crippen LogP contribution is -2.46. The molecule has 2 heterocycles. The Labute approximate surface area is 159 Å². The van der Waals surface area contributed by atoms with Gasteiger partial charge in [0.25, 0.3) is 5.91 Å². The summed E-state index contributed by atoms with van der Waals surface area (Å²) in [7, 11) is 0. The first-order chi connectivity index (χ1) is 13.0. The third-order valence-electron chi connectivity index (χ3n) is 5.18. The zero-order chi connectivity index (χ0) is 19.2. The third-order valence-corrected chi connectivity index (χ3v) is 5.18. The van der Waals surface area contributed by atoms with Gasteiger partial charge in [-0.05, 0) is 56.3 Å². The molecule has 2 aliphatic rings. The van der Waals surface area contributed by atoms with Crippen LogP contribution in [0.15, 0.2) is 24.3 Å². The summed E-state index contributed by atoms with van der Waals surface area (Å²) >= 11 is 0. The molecule has 1 aromatic rings. The van der Waals surface area contributed by atoms with E-state index in [-0.39, 0.29) is 29.7 Å². The van der Waals surface area contributed by atoms with Crippen molar-refractivity contribution in [2.45, 2.75) is 38.6 Å². The summed E-state index contributed by atoms with van der Waals surface area (Å²) in [5.74, 6) is 0.145. The molecule has 0 saturated carbocycles. The number of nitrogens with one attached hydrogen (secondary N) is 3. The van der Waals surface area contributed by atoms with Crippen LogP contribution in [0.2, 0.25) is 0 Å². The van der Waals surface area contributed by atoms with Gasteiger partial charge in [-0.1, -0.05) is 6.07 Å². The molecule has 3 N–H and O–H groups in total. The summed E-state index contributed by atoms with van der Waals surface area (Å²) in [5, 5.41) is 8.95. The Hall–Kier alpha value is -2.41. The van der Waals surface area contributed by atoms with Crippen molar-refractivity contribution in [1.29, 1.82) is 0 Å². The Morgan fingerprint density at radius 1 is 1.22 bits per heavy atom. The smallest absolute Gasteiger partial charge is 0.253 e. The van der Waals surface area contributed by atoms with Crippen molar-refractivity contribution in [3.05, 3.63) is 29.8 Å². The number of anilines is 1. The number of likely N-dealkylation sites (tertiary alicyclic amines) is 1. The molecule has 1 aromatic carbocycles. The van der Waals surface area contributed by atoms with Crippen LogP contribution < -0.4 is 16.0 Å². The van der Waals surface area contributed by atoms with Crippen LogP contribution in [0.3, 0.4) is 0 Å². The summed E-state index contributed by atoms with van der Waals surface area (Å²) in [6.07, 6.45) is 3.88. The van der Waals surface area contributed by atoms with E-state index in [9.17, 15) is 14.4 Å². The highest BCUT2D eigenvalue weighted by atomic mass is 16.2. The van der Waals surface area contributed by atoms with Crippen molar-refractivity contribution < 1.29 is 14.4 Å². The standard InChI is InChI=1S/C20H28N4O3/c1-14(25)23-17-7-2-6-16(11-17)20(27)24-10-4-5-15(13-24)12-22-19(26)18-8-3-9-21-18/h2,6-7,11,15,18,21H,3-5,8-10,12-13H2,1H3,(H,22,26)(H,23,25). The molecule has 0 spiro atoms. The molecule has 7 heteroatoms. The number of benzene rings is 1. The lowest BCUT2D eigenvalue weighted by molar-refractivity contribution is -0.123. The molecule has 0 aliphatic carbocycles. The fraction of sp³-hybridized carbons (Fsp3) is 0.550. The highest BCUT2D eigenvalue weighted by Gasteiger charge is 2.27. The van der Waals surface area contributed by atoms with Crippen molar-refractivity contribution in [2.75, 3.05) is 31.5 Å². The van der Waals surface area contributed by atoms with Crippen LogP contribution in [0.25, 0.3) is 0 Å². The topological polar surface area (TPSA) is 90.5 Å². The van der Waals surface area contributed by atoms with Gasteiger partial charge >= 0.3 is 0 Å². The van der Waals surface area contributed by atoms with Crippen LogP contribution >= 0.6 is 0 Å². The van der Waals surface area contributed by atoms with Gasteiger partial charge in [-0.15, -0.1) is 0 Å². The molecule has 0 bridgehead atoms. The van der Waals surface area contributed by atoms with Gasteiger partial charge in [0.2, 0.25) is 11.8 Å². The van der Waals surface area contributed by atoms with Gasteiger partial charge < -0.3 is 20.9 Å². The zero-order valence-corrected chi connectivity index (χ0v) is 15.8. The maximum atomic E-state index is 12.8. The SMILES string of the molecule is CC(=O)Nc1cccc(C(=O)N2CCCC(CNC(=O)C3CCCN3)C2)c1. The monoisotopic (exact) mass is 372 g/mol. The highest BCUT2D eigenvalue weighted by molar-refractivity contribution is 5.96. The van der Waals surface area contributed by atoms with Gasteiger partial charge in [0.1, 0.15) is 0 Å². The normalized spacial score (nSPS) is 22.3. The average Bonchev–Trinajstić information content (AvgIpc) is 3.20. The first-order valence-corrected chi connectivity index (χ1v) is 9.71. The first-order valence-electron chi connectivity index (χ1n) is 9.71. The second-order valence-corrected chi connectivity index (χ2v) is 7.42. The van der Waals surface area contributed by atoms with Crippen molar-refractivity contribution in [3.63, 3.8) is 0 Å². The molecule has 0 aromatic heterocycles. The molecule has 2 unspecified atom stereocenters. The van der Waals surface area contributed by atoms with E-state index < -0.39 is 0 Å². The Morgan fingerprint density at radius 2 is 2.07 bits per heavy atom. The Balaban J connectivity index is 1.54. The number of piperidine rings is 1. The van der Waals surface area contributed by atoms with Gasteiger partial charge in [-0.25, -0.2) is 0 Å². The molecular weight excluding hydrogens is 344 g/mol. The zero-order valence-electron chi connectivity index (χ0n) is 15.8. The molecule has 7 nitrogen and oxygen atoms in total. The summed E-state index contributed by atoms with van der Waals surface area (Å²) in [4.78, 5) is 38.1. The fourth-order valence-electron chi connectivity index (χ4n) is 3.81. The van der Waals surface area contributed by atoms with Crippen LogP contribution in [-0.2, 0) is 9.59 Å². The second kappa shape index (κ2) is 8.99. The number of carbonyl (C=O) groups is 3. The van der Waals surface area contributed by atoms with E-state index in [2.05, 4.69) is 16.0 Å². The predicted molar refractivity (Wildman–Crippen MR) is 103 cm³/mol. The van der Waals surface area contributed by atoms with Crippen molar-refractivity contribution in [3.8, 4) is 0 Å². The third kappa shape index (κ3) is 5.29. The Bertz CT molecular complexity index is 700. The second-order valence-electron chi connectivity index (χ2n) is 7.42. The molecule has 0 radical (unpaired) electrons. The lowest BCUT2D eigenvalue weighted by atomic mass is 9.97. The molecule has 3 rings (SSSR count). The summed E-state index contributed by atoms with van der Waals surface area (Å²) < 4.78 is 0. The van der Waals surface area contributed by atoms with E-state index in [1.165, 1.54) is 6.92 Å². The average molecular weight is 372 g/mol. The van der Waals surface area contributed by atoms with Crippen molar-refractivity contribution in [2.24, 2.45) is 5.92 Å². The quantitative estimate of drug-likeness (QED) is 0.728. The minimum Gasteiger partial charge on any atom is -0.354 e. The van der Waals surface area contributed by atoms with Crippen molar-refractivity contribution >= 4 is 23.4 Å². The predicted octanol–water partition coefficient (Wildman–Crippen LogP) is 1.37. The molecule has 2 aliphatic heterocycles. The minimum absolute atomic E-state index is 0.0318. The highest BCUT2D eigenvalue weighted by Crippen LogP contribution is 2.20. The molecule has 146 valence electrons. The van der Waals surface area contributed by atoms with Gasteiger partial charge in [0.15, 0.2) is 0 Å². The van der Waals surface area contributed by atoms with E-state index in [4.69, 9.17) is 0 Å². The molecule has 2 fully saturated rings. The van der Waals surface area contributed by atoms with Gasteiger partial charge in [0.05, 0.1) is 6.04 Å². The molecule has 2 saturated heterocycles. The summed E-state index contributed by atoms with van der Waals surface area (Å²) in [5.41, 5.74) is 1.19. The minimum atomic E-state index is -0.162. The number of nitrogens with zero attached hydrogens (tertiary/aromatic N) is 1. The van der Waals surface area contributed by atoms with Crippen LogP contribution in [-0.4, -0.2) is 54.8 Å². The lowest BCUT2D eigenvalue weighted by Gasteiger charge is -2.33. The van der Waals surface area contributed by atoms with Crippen LogP contribution in [0.5, 0.6) is 0 Å². The van der Waals surface area contributed by atoms with Crippen LogP contribution in [0, 0.1) is 5.92 Å². The van der Waals surface area contributed by atoms with Gasteiger partial charge in [-0.3, -0.25) is 14.4 Å². The fourth-order valence-corrected chi connectivity index (χ4v) is 3.81. The largest absolute Gasteiger partial charge is 0.354 e. The Kier molecular flexibility index (Phi) is 6.45. The van der Waals surface area contributed by atoms with Crippen LogP contribution in [0.4, 0.5) is 5.69 Å². The van der Waals surface area contributed by atoms with E-state index in [1.807, 2.05) is 4.90 Å². The number of rotatable bonds is 5. The van der Waals surface area contributed by atoms with E-state index in [1.54, 1.807) is 24.3 Å². The van der Waals surface area contributed by atoms with Gasteiger partial charge in [-0.2, -0.15) is 0 Å². The van der Waals surface area contributed by atoms with Crippen LogP contribution in [0.1, 0.15) is 43.0 Å². The molecule has 27 heavy (non-hydrogen) atoms. The molecule has 3 amide bonds. The van der Waals surface area contributed by atoms with E-state index in [0.717, 1.165) is 38.8 Å². The molecular formula is C20H28N4O3. The maximum absolute atomic E-state index is 12.8. The molecule has 2 atom stereocenters. The number of amides is 3.